The zero-order valence-corrected chi connectivity index (χ0v) is 11.8. The molecular formula is C14H11Cl2NO3. The highest BCUT2D eigenvalue weighted by atomic mass is 35.5. The first-order valence-electron chi connectivity index (χ1n) is 5.67. The van der Waals surface area contributed by atoms with Crippen LogP contribution in [0.25, 0.3) is 0 Å². The van der Waals surface area contributed by atoms with E-state index < -0.39 is 5.97 Å². The SMILES string of the molecule is Nc1cccc(OCc2ccc(Cl)cc2Cl)c1C(=O)O. The third kappa shape index (κ3) is 3.15. The number of carboxylic acid groups (broad SMARTS) is 1. The fourth-order valence-corrected chi connectivity index (χ4v) is 2.15. The number of halogens is 2. The zero-order valence-electron chi connectivity index (χ0n) is 10.3. The molecule has 0 aliphatic carbocycles. The number of carboxylic acids is 1. The van der Waals surface area contributed by atoms with Gasteiger partial charge in [-0.15, -0.1) is 0 Å². The summed E-state index contributed by atoms with van der Waals surface area (Å²) in [6.07, 6.45) is 0. The lowest BCUT2D eigenvalue weighted by atomic mass is 10.1. The quantitative estimate of drug-likeness (QED) is 0.841. The summed E-state index contributed by atoms with van der Waals surface area (Å²) in [4.78, 5) is 11.2. The van der Waals surface area contributed by atoms with Gasteiger partial charge >= 0.3 is 5.97 Å². The van der Waals surface area contributed by atoms with Crippen LogP contribution in [0.3, 0.4) is 0 Å². The zero-order chi connectivity index (χ0) is 14.7. The van der Waals surface area contributed by atoms with Gasteiger partial charge in [-0.25, -0.2) is 4.79 Å². The molecule has 0 aliphatic rings. The Kier molecular flexibility index (Phi) is 4.37. The molecule has 0 aromatic heterocycles. The fourth-order valence-electron chi connectivity index (χ4n) is 1.69. The fraction of sp³-hybridized carbons (Fsp3) is 0.0714. The average Bonchev–Trinajstić information content (AvgIpc) is 2.37. The van der Waals surface area contributed by atoms with Crippen molar-refractivity contribution in [3.05, 3.63) is 57.6 Å². The monoisotopic (exact) mass is 311 g/mol. The van der Waals surface area contributed by atoms with Gasteiger partial charge in [-0.1, -0.05) is 35.3 Å². The van der Waals surface area contributed by atoms with Crippen molar-refractivity contribution >= 4 is 34.9 Å². The molecule has 20 heavy (non-hydrogen) atoms. The van der Waals surface area contributed by atoms with Crippen LogP contribution in [-0.2, 0) is 6.61 Å². The number of benzene rings is 2. The summed E-state index contributed by atoms with van der Waals surface area (Å²) >= 11 is 11.8. The molecule has 3 N–H and O–H groups in total. The smallest absolute Gasteiger partial charge is 0.341 e. The van der Waals surface area contributed by atoms with Crippen molar-refractivity contribution < 1.29 is 14.6 Å². The number of nitrogen functional groups attached to an aromatic ring is 1. The number of hydrogen-bond acceptors (Lipinski definition) is 3. The molecule has 104 valence electrons. The number of ether oxygens (including phenoxy) is 1. The molecule has 4 nitrogen and oxygen atoms in total. The van der Waals surface area contributed by atoms with E-state index >= 15 is 0 Å². The molecule has 0 atom stereocenters. The van der Waals surface area contributed by atoms with E-state index in [9.17, 15) is 4.79 Å². The summed E-state index contributed by atoms with van der Waals surface area (Å²) in [7, 11) is 0. The summed E-state index contributed by atoms with van der Waals surface area (Å²) < 4.78 is 5.50. The van der Waals surface area contributed by atoms with Crippen molar-refractivity contribution in [2.75, 3.05) is 5.73 Å². The highest BCUT2D eigenvalue weighted by Gasteiger charge is 2.15. The number of carbonyl (C=O) groups is 1. The molecule has 2 aromatic carbocycles. The van der Waals surface area contributed by atoms with Gasteiger partial charge in [0.05, 0.1) is 0 Å². The van der Waals surface area contributed by atoms with Crippen LogP contribution in [0.4, 0.5) is 5.69 Å². The summed E-state index contributed by atoms with van der Waals surface area (Å²) in [5.41, 5.74) is 6.43. The van der Waals surface area contributed by atoms with Crippen LogP contribution in [0, 0.1) is 0 Å². The largest absolute Gasteiger partial charge is 0.488 e. The van der Waals surface area contributed by atoms with Crippen LogP contribution in [0.15, 0.2) is 36.4 Å². The minimum Gasteiger partial charge on any atom is -0.488 e. The van der Waals surface area contributed by atoms with Crippen molar-refractivity contribution in [1.82, 2.24) is 0 Å². The maximum Gasteiger partial charge on any atom is 0.341 e. The maximum atomic E-state index is 11.2. The first kappa shape index (κ1) is 14.5. The second kappa shape index (κ2) is 6.03. The average molecular weight is 312 g/mol. The van der Waals surface area contributed by atoms with Crippen molar-refractivity contribution in [2.45, 2.75) is 6.61 Å². The number of rotatable bonds is 4. The van der Waals surface area contributed by atoms with E-state index in [0.29, 0.717) is 15.6 Å². The van der Waals surface area contributed by atoms with Crippen LogP contribution in [0.5, 0.6) is 5.75 Å². The predicted octanol–water partition coefficient (Wildman–Crippen LogP) is 3.85. The number of anilines is 1. The molecule has 0 amide bonds. The van der Waals surface area contributed by atoms with Crippen LogP contribution >= 0.6 is 23.2 Å². The Labute approximate surface area is 125 Å². The van der Waals surface area contributed by atoms with E-state index in [1.165, 1.54) is 6.07 Å². The summed E-state index contributed by atoms with van der Waals surface area (Å²) in [6.45, 7) is 0.125. The maximum absolute atomic E-state index is 11.2. The Morgan fingerprint density at radius 2 is 2.00 bits per heavy atom. The lowest BCUT2D eigenvalue weighted by Gasteiger charge is -2.11. The van der Waals surface area contributed by atoms with E-state index in [1.807, 2.05) is 0 Å². The standard InChI is InChI=1S/C14H11Cl2NO3/c15-9-5-4-8(10(16)6-9)7-20-12-3-1-2-11(17)13(12)14(18)19/h1-6H,7,17H2,(H,18,19). The number of nitrogens with two attached hydrogens (primary N) is 1. The molecule has 2 aromatic rings. The minimum atomic E-state index is -1.14. The molecule has 0 fully saturated rings. The topological polar surface area (TPSA) is 72.5 Å². The molecule has 0 aliphatic heterocycles. The van der Waals surface area contributed by atoms with Gasteiger partial charge in [0.25, 0.3) is 0 Å². The van der Waals surface area contributed by atoms with Crippen LogP contribution in [0.1, 0.15) is 15.9 Å². The second-order valence-electron chi connectivity index (χ2n) is 4.05. The Bertz CT molecular complexity index is 659. The molecule has 0 unspecified atom stereocenters. The summed E-state index contributed by atoms with van der Waals surface area (Å²) in [6, 6.07) is 9.68. The van der Waals surface area contributed by atoms with Crippen molar-refractivity contribution in [3.63, 3.8) is 0 Å². The first-order chi connectivity index (χ1) is 9.49. The first-order valence-corrected chi connectivity index (χ1v) is 6.43. The molecule has 6 heteroatoms. The third-order valence-corrected chi connectivity index (χ3v) is 3.26. The Balaban J connectivity index is 2.23. The Hall–Kier alpha value is -1.91. The van der Waals surface area contributed by atoms with Crippen LogP contribution in [0.2, 0.25) is 10.0 Å². The molecule has 0 heterocycles. The minimum absolute atomic E-state index is 0.0578. The van der Waals surface area contributed by atoms with E-state index in [1.54, 1.807) is 30.3 Å². The van der Waals surface area contributed by atoms with Gasteiger partial charge in [0.2, 0.25) is 0 Å². The number of hydrogen-bond donors (Lipinski definition) is 2. The predicted molar refractivity (Wildman–Crippen MR) is 78.6 cm³/mol. The van der Waals surface area contributed by atoms with Gasteiger partial charge in [-0.05, 0) is 24.3 Å². The molecule has 0 spiro atoms. The summed E-state index contributed by atoms with van der Waals surface area (Å²) in [5.74, 6) is -0.941. The van der Waals surface area contributed by atoms with Gasteiger partial charge in [0, 0.05) is 21.3 Å². The second-order valence-corrected chi connectivity index (χ2v) is 4.89. The van der Waals surface area contributed by atoms with Crippen LogP contribution < -0.4 is 10.5 Å². The number of aromatic carboxylic acids is 1. The summed E-state index contributed by atoms with van der Waals surface area (Å²) in [5, 5.41) is 10.1. The third-order valence-electron chi connectivity index (χ3n) is 2.67. The Morgan fingerprint density at radius 1 is 1.25 bits per heavy atom. The molecule has 0 saturated carbocycles. The van der Waals surface area contributed by atoms with Crippen LogP contribution in [-0.4, -0.2) is 11.1 Å². The van der Waals surface area contributed by atoms with Crippen molar-refractivity contribution in [1.29, 1.82) is 0 Å². The lowest BCUT2D eigenvalue weighted by Crippen LogP contribution is -2.07. The Morgan fingerprint density at radius 3 is 2.65 bits per heavy atom. The normalized spacial score (nSPS) is 10.3. The van der Waals surface area contributed by atoms with E-state index in [4.69, 9.17) is 38.8 Å². The van der Waals surface area contributed by atoms with E-state index in [-0.39, 0.29) is 23.6 Å². The highest BCUT2D eigenvalue weighted by Crippen LogP contribution is 2.27. The van der Waals surface area contributed by atoms with Gasteiger partial charge < -0.3 is 15.6 Å². The molecule has 0 saturated heterocycles. The molecule has 2 rings (SSSR count). The van der Waals surface area contributed by atoms with Crippen molar-refractivity contribution in [2.24, 2.45) is 0 Å². The molecular weight excluding hydrogens is 301 g/mol. The van der Waals surface area contributed by atoms with Gasteiger partial charge in [0.15, 0.2) is 0 Å². The van der Waals surface area contributed by atoms with Gasteiger partial charge in [0.1, 0.15) is 17.9 Å². The van der Waals surface area contributed by atoms with Gasteiger partial charge in [-0.3, -0.25) is 0 Å². The van der Waals surface area contributed by atoms with E-state index in [0.717, 1.165) is 0 Å². The molecule has 0 radical (unpaired) electrons. The van der Waals surface area contributed by atoms with Crippen molar-refractivity contribution in [3.8, 4) is 5.75 Å². The van der Waals surface area contributed by atoms with E-state index in [2.05, 4.69) is 0 Å². The molecule has 0 bridgehead atoms. The van der Waals surface area contributed by atoms with Gasteiger partial charge in [-0.2, -0.15) is 0 Å². The lowest BCUT2D eigenvalue weighted by molar-refractivity contribution is 0.0693. The highest BCUT2D eigenvalue weighted by molar-refractivity contribution is 6.35.